The van der Waals surface area contributed by atoms with Gasteiger partial charge in [0.2, 0.25) is 11.8 Å². The molecule has 0 unspecified atom stereocenters. The maximum Gasteiger partial charge on any atom is 0.309 e. The molecule has 36 heavy (non-hydrogen) atoms. The van der Waals surface area contributed by atoms with Gasteiger partial charge >= 0.3 is 5.97 Å². The van der Waals surface area contributed by atoms with Gasteiger partial charge in [-0.05, 0) is 43.7 Å². The van der Waals surface area contributed by atoms with Crippen LogP contribution in [0.3, 0.4) is 0 Å². The van der Waals surface area contributed by atoms with Crippen LogP contribution in [0.2, 0.25) is 0 Å². The molecule has 0 saturated carbocycles. The van der Waals surface area contributed by atoms with E-state index in [0.717, 1.165) is 11.1 Å². The van der Waals surface area contributed by atoms with Crippen LogP contribution in [0.15, 0.2) is 72.8 Å². The van der Waals surface area contributed by atoms with Gasteiger partial charge in [0.15, 0.2) is 0 Å². The van der Waals surface area contributed by atoms with E-state index in [9.17, 15) is 19.5 Å². The molecule has 2 aromatic rings. The van der Waals surface area contributed by atoms with Crippen LogP contribution in [-0.4, -0.2) is 48.2 Å². The molecule has 7 heteroatoms. The number of carbonyl (C=O) groups excluding carboxylic acids is 3. The first-order valence-corrected chi connectivity index (χ1v) is 12.5. The molecule has 7 nitrogen and oxygen atoms in total. The number of carbonyl (C=O) groups is 3. The Hall–Kier alpha value is -3.45. The number of nitrogens with one attached hydrogen (secondary N) is 2. The van der Waals surface area contributed by atoms with Crippen molar-refractivity contribution >= 4 is 17.8 Å². The van der Waals surface area contributed by atoms with Gasteiger partial charge in [-0.25, -0.2) is 0 Å². The Morgan fingerprint density at radius 1 is 1.00 bits per heavy atom. The molecule has 2 amide bonds. The quantitative estimate of drug-likeness (QED) is 0.388. The monoisotopic (exact) mass is 492 g/mol. The molecular formula is C29H36N2O5. The molecule has 3 N–H and O–H groups in total. The summed E-state index contributed by atoms with van der Waals surface area (Å²) in [6, 6.07) is 18.6. The Balaban J connectivity index is 1.63. The largest absolute Gasteiger partial charge is 0.463 e. The van der Waals surface area contributed by atoms with Crippen LogP contribution in [0, 0.1) is 11.8 Å². The number of rotatable bonds is 8. The first kappa shape index (κ1) is 27.1. The lowest BCUT2D eigenvalue weighted by atomic mass is 9.94. The minimum atomic E-state index is -0.567. The summed E-state index contributed by atoms with van der Waals surface area (Å²) in [5, 5.41) is 15.5. The maximum absolute atomic E-state index is 12.9. The van der Waals surface area contributed by atoms with Gasteiger partial charge in [0.1, 0.15) is 6.61 Å². The first-order valence-electron chi connectivity index (χ1n) is 12.5. The topological polar surface area (TPSA) is 105 Å². The molecule has 1 aliphatic rings. The summed E-state index contributed by atoms with van der Waals surface area (Å²) in [4.78, 5) is 38.4. The molecule has 4 atom stereocenters. The second-order valence-electron chi connectivity index (χ2n) is 9.41. The summed E-state index contributed by atoms with van der Waals surface area (Å²) in [5.41, 5.74) is 2.07. The molecule has 0 fully saturated rings. The van der Waals surface area contributed by atoms with E-state index in [0.29, 0.717) is 25.7 Å². The predicted octanol–water partition coefficient (Wildman–Crippen LogP) is 2.97. The van der Waals surface area contributed by atoms with E-state index in [1.807, 2.05) is 72.8 Å². The zero-order valence-corrected chi connectivity index (χ0v) is 20.8. The molecule has 0 saturated heterocycles. The number of benzene rings is 2. The number of hydrogen-bond acceptors (Lipinski definition) is 5. The summed E-state index contributed by atoms with van der Waals surface area (Å²) < 4.78 is 5.51. The number of ether oxygens (including phenoxy) is 1. The minimum Gasteiger partial charge on any atom is -0.463 e. The van der Waals surface area contributed by atoms with Crippen LogP contribution in [0.4, 0.5) is 0 Å². The van der Waals surface area contributed by atoms with E-state index in [1.54, 1.807) is 6.92 Å². The molecule has 0 aromatic heterocycles. The third-order valence-corrected chi connectivity index (χ3v) is 6.24. The van der Waals surface area contributed by atoms with Crippen molar-refractivity contribution in [1.29, 1.82) is 0 Å². The van der Waals surface area contributed by atoms with Gasteiger partial charge in [-0.1, -0.05) is 72.8 Å². The van der Waals surface area contributed by atoms with E-state index in [-0.39, 0.29) is 49.4 Å². The zero-order valence-electron chi connectivity index (χ0n) is 20.8. The number of aliphatic hydroxyl groups excluding tert-OH is 1. The average Bonchev–Trinajstić information content (AvgIpc) is 2.88. The van der Waals surface area contributed by atoms with E-state index >= 15 is 0 Å². The number of amides is 2. The fourth-order valence-electron chi connectivity index (χ4n) is 4.26. The molecule has 0 radical (unpaired) electrons. The van der Waals surface area contributed by atoms with E-state index in [4.69, 9.17) is 4.74 Å². The summed E-state index contributed by atoms with van der Waals surface area (Å²) in [7, 11) is 0. The number of aliphatic hydroxyl groups is 1. The van der Waals surface area contributed by atoms with Crippen molar-refractivity contribution < 1.29 is 24.2 Å². The van der Waals surface area contributed by atoms with Crippen LogP contribution in [0.5, 0.6) is 0 Å². The Kier molecular flexibility index (Phi) is 10.7. The van der Waals surface area contributed by atoms with Crippen LogP contribution < -0.4 is 10.6 Å². The van der Waals surface area contributed by atoms with Gasteiger partial charge in [-0.3, -0.25) is 14.4 Å². The van der Waals surface area contributed by atoms with Gasteiger partial charge in [0.25, 0.3) is 0 Å². The van der Waals surface area contributed by atoms with Crippen molar-refractivity contribution in [3.8, 4) is 0 Å². The SMILES string of the molecule is C[C@H]1COC(=O)[C@H](Cc2ccccc2)CC=CC[C@H](CC(=O)N[C@@H](CO)Cc2ccccc2)C(=O)N1. The molecular weight excluding hydrogens is 456 g/mol. The average molecular weight is 493 g/mol. The fourth-order valence-corrected chi connectivity index (χ4v) is 4.26. The number of hydrogen-bond donors (Lipinski definition) is 3. The zero-order chi connectivity index (χ0) is 25.8. The summed E-state index contributed by atoms with van der Waals surface area (Å²) in [6.45, 7) is 1.66. The smallest absolute Gasteiger partial charge is 0.309 e. The van der Waals surface area contributed by atoms with Crippen LogP contribution in [-0.2, 0) is 32.0 Å². The Labute approximate surface area is 212 Å². The van der Waals surface area contributed by atoms with Crippen molar-refractivity contribution in [3.63, 3.8) is 0 Å². The molecule has 2 aromatic carbocycles. The normalized spacial score (nSPS) is 21.9. The molecule has 192 valence electrons. The van der Waals surface area contributed by atoms with Crippen molar-refractivity contribution in [2.45, 2.75) is 51.1 Å². The summed E-state index contributed by atoms with van der Waals surface area (Å²) in [5.74, 6) is -1.72. The van der Waals surface area contributed by atoms with Gasteiger partial charge in [0.05, 0.1) is 30.5 Å². The van der Waals surface area contributed by atoms with Crippen LogP contribution in [0.1, 0.15) is 37.3 Å². The van der Waals surface area contributed by atoms with Crippen molar-refractivity contribution in [2.75, 3.05) is 13.2 Å². The lowest BCUT2D eigenvalue weighted by molar-refractivity contribution is -0.149. The Bertz CT molecular complexity index is 1010. The predicted molar refractivity (Wildman–Crippen MR) is 138 cm³/mol. The standard InChI is InChI=1S/C29H36N2O5/c1-21-20-36-29(35)25(16-22-10-4-2-5-11-22)15-9-8-14-24(28(34)30-21)18-27(33)31-26(19-32)17-23-12-6-3-7-13-23/h2-13,21,24-26,32H,14-20H2,1H3,(H,30,34)(H,31,33)/t21-,24+,25-,26+/m0/s1. The lowest BCUT2D eigenvalue weighted by Crippen LogP contribution is -2.44. The molecule has 0 aliphatic carbocycles. The van der Waals surface area contributed by atoms with Gasteiger partial charge < -0.3 is 20.5 Å². The molecule has 3 rings (SSSR count). The Morgan fingerprint density at radius 2 is 1.61 bits per heavy atom. The number of cyclic esters (lactones) is 1. The third-order valence-electron chi connectivity index (χ3n) is 6.24. The highest BCUT2D eigenvalue weighted by atomic mass is 16.5. The summed E-state index contributed by atoms with van der Waals surface area (Å²) >= 11 is 0. The van der Waals surface area contributed by atoms with Crippen molar-refractivity contribution in [3.05, 3.63) is 83.9 Å². The highest BCUT2D eigenvalue weighted by Gasteiger charge is 2.26. The fraction of sp³-hybridized carbons (Fsp3) is 0.414. The molecule has 1 aliphatic heterocycles. The van der Waals surface area contributed by atoms with Gasteiger partial charge in [0, 0.05) is 6.42 Å². The van der Waals surface area contributed by atoms with Crippen molar-refractivity contribution in [1.82, 2.24) is 10.6 Å². The first-order chi connectivity index (χ1) is 17.4. The second-order valence-corrected chi connectivity index (χ2v) is 9.41. The maximum atomic E-state index is 12.9. The number of allylic oxidation sites excluding steroid dienone is 2. The summed E-state index contributed by atoms with van der Waals surface area (Å²) in [6.07, 6.45) is 5.70. The third kappa shape index (κ3) is 8.96. The lowest BCUT2D eigenvalue weighted by Gasteiger charge is -2.23. The number of esters is 1. The van der Waals surface area contributed by atoms with Gasteiger partial charge in [-0.15, -0.1) is 0 Å². The second kappa shape index (κ2) is 14.2. The highest BCUT2D eigenvalue weighted by molar-refractivity contribution is 5.86. The molecule has 1 heterocycles. The van der Waals surface area contributed by atoms with E-state index < -0.39 is 12.0 Å². The van der Waals surface area contributed by atoms with Crippen LogP contribution >= 0.6 is 0 Å². The van der Waals surface area contributed by atoms with Crippen molar-refractivity contribution in [2.24, 2.45) is 11.8 Å². The Morgan fingerprint density at radius 3 is 2.25 bits per heavy atom. The van der Waals surface area contributed by atoms with Gasteiger partial charge in [-0.2, -0.15) is 0 Å². The van der Waals surface area contributed by atoms with Crippen LogP contribution in [0.25, 0.3) is 0 Å². The van der Waals surface area contributed by atoms with E-state index in [1.165, 1.54) is 0 Å². The minimum absolute atomic E-state index is 0.00140. The van der Waals surface area contributed by atoms with E-state index in [2.05, 4.69) is 10.6 Å². The molecule has 0 bridgehead atoms. The highest BCUT2D eigenvalue weighted by Crippen LogP contribution is 2.18. The molecule has 0 spiro atoms.